The molecule has 0 radical (unpaired) electrons. The van der Waals surface area contributed by atoms with Crippen LogP contribution in [0.2, 0.25) is 0 Å². The van der Waals surface area contributed by atoms with Crippen LogP contribution in [0.1, 0.15) is 48.5 Å². The molecule has 3 rings (SSSR count). The molecule has 6 nitrogen and oxygen atoms in total. The monoisotopic (exact) mass is 373 g/mol. The van der Waals surface area contributed by atoms with Crippen LogP contribution in [0, 0.1) is 0 Å². The first-order chi connectivity index (χ1) is 12.2. The Morgan fingerprint density at radius 3 is 2.58 bits per heavy atom. The SMILES string of the molecule is C[C@@H]1CN(NC(=O)c2cnc(OCC(F)(F)F)c(C3CC3)c2)C[C@H](C)O1. The highest BCUT2D eigenvalue weighted by Gasteiger charge is 2.33. The molecule has 0 bridgehead atoms. The van der Waals surface area contributed by atoms with Crippen molar-refractivity contribution >= 4 is 5.91 Å². The van der Waals surface area contributed by atoms with E-state index in [1.807, 2.05) is 13.8 Å². The van der Waals surface area contributed by atoms with E-state index in [-0.39, 0.29) is 29.9 Å². The van der Waals surface area contributed by atoms with E-state index in [9.17, 15) is 18.0 Å². The molecule has 1 N–H and O–H groups in total. The van der Waals surface area contributed by atoms with Gasteiger partial charge in [0.25, 0.3) is 5.91 Å². The minimum absolute atomic E-state index is 0.00246. The molecule has 144 valence electrons. The van der Waals surface area contributed by atoms with Crippen LogP contribution in [0.3, 0.4) is 0 Å². The van der Waals surface area contributed by atoms with Gasteiger partial charge in [0, 0.05) is 24.8 Å². The third-order valence-electron chi connectivity index (χ3n) is 4.21. The Morgan fingerprint density at radius 2 is 2.00 bits per heavy atom. The van der Waals surface area contributed by atoms with Crippen molar-refractivity contribution in [1.29, 1.82) is 0 Å². The second kappa shape index (κ2) is 7.40. The second-order valence-corrected chi connectivity index (χ2v) is 6.90. The molecular weight excluding hydrogens is 351 g/mol. The lowest BCUT2D eigenvalue weighted by Crippen LogP contribution is -2.53. The molecular formula is C17H22F3N3O3. The largest absolute Gasteiger partial charge is 0.468 e. The molecule has 2 aliphatic rings. The van der Waals surface area contributed by atoms with Crippen molar-refractivity contribution in [2.24, 2.45) is 0 Å². The van der Waals surface area contributed by atoms with Crippen molar-refractivity contribution in [3.63, 3.8) is 0 Å². The van der Waals surface area contributed by atoms with Crippen LogP contribution in [-0.4, -0.2) is 54.0 Å². The van der Waals surface area contributed by atoms with Gasteiger partial charge in [-0.2, -0.15) is 13.2 Å². The maximum absolute atomic E-state index is 12.5. The van der Waals surface area contributed by atoms with Gasteiger partial charge in [-0.05, 0) is 38.7 Å². The molecule has 2 heterocycles. The average Bonchev–Trinajstić information content (AvgIpc) is 3.35. The molecule has 1 aromatic heterocycles. The number of ether oxygens (including phenoxy) is 2. The first-order valence-corrected chi connectivity index (χ1v) is 8.62. The van der Waals surface area contributed by atoms with E-state index in [2.05, 4.69) is 10.4 Å². The summed E-state index contributed by atoms with van der Waals surface area (Å²) in [6.45, 7) is 3.58. The Hall–Kier alpha value is -1.87. The molecule has 9 heteroatoms. The van der Waals surface area contributed by atoms with Crippen LogP contribution in [0.5, 0.6) is 5.88 Å². The van der Waals surface area contributed by atoms with Crippen molar-refractivity contribution in [2.45, 2.75) is 51.0 Å². The Bertz CT molecular complexity index is 654. The van der Waals surface area contributed by atoms with Gasteiger partial charge in [0.2, 0.25) is 5.88 Å². The third kappa shape index (κ3) is 5.07. The Labute approximate surface area is 149 Å². The fourth-order valence-electron chi connectivity index (χ4n) is 3.03. The number of carbonyl (C=O) groups is 1. The molecule has 1 aromatic rings. The van der Waals surface area contributed by atoms with E-state index < -0.39 is 12.8 Å². The first kappa shape index (κ1) is 18.9. The van der Waals surface area contributed by atoms with Crippen molar-refractivity contribution in [3.05, 3.63) is 23.4 Å². The van der Waals surface area contributed by atoms with E-state index >= 15 is 0 Å². The maximum Gasteiger partial charge on any atom is 0.422 e. The summed E-state index contributed by atoms with van der Waals surface area (Å²) in [5.41, 5.74) is 3.68. The van der Waals surface area contributed by atoms with E-state index in [0.717, 1.165) is 12.8 Å². The molecule has 26 heavy (non-hydrogen) atoms. The fourth-order valence-corrected chi connectivity index (χ4v) is 3.03. The highest BCUT2D eigenvalue weighted by molar-refractivity contribution is 5.93. The van der Waals surface area contributed by atoms with Crippen LogP contribution in [0.4, 0.5) is 13.2 Å². The normalized spacial score (nSPS) is 24.3. The summed E-state index contributed by atoms with van der Waals surface area (Å²) >= 11 is 0. The lowest BCUT2D eigenvalue weighted by atomic mass is 10.1. The van der Waals surface area contributed by atoms with Crippen LogP contribution in [-0.2, 0) is 4.74 Å². The van der Waals surface area contributed by atoms with E-state index in [4.69, 9.17) is 9.47 Å². The molecule has 1 aliphatic carbocycles. The number of hydrazine groups is 1. The molecule has 0 spiro atoms. The zero-order valence-electron chi connectivity index (χ0n) is 14.7. The summed E-state index contributed by atoms with van der Waals surface area (Å²) in [5, 5.41) is 1.78. The van der Waals surface area contributed by atoms with Crippen molar-refractivity contribution in [1.82, 2.24) is 15.4 Å². The van der Waals surface area contributed by atoms with Gasteiger partial charge in [-0.15, -0.1) is 0 Å². The molecule has 2 fully saturated rings. The Kier molecular flexibility index (Phi) is 5.38. The minimum atomic E-state index is -4.43. The smallest absolute Gasteiger partial charge is 0.422 e. The summed E-state index contributed by atoms with van der Waals surface area (Å²) in [4.78, 5) is 16.5. The first-order valence-electron chi connectivity index (χ1n) is 8.62. The van der Waals surface area contributed by atoms with Gasteiger partial charge in [0.05, 0.1) is 17.8 Å². The quantitative estimate of drug-likeness (QED) is 0.860. The standard InChI is InChI=1S/C17H22F3N3O3/c1-10-7-23(8-11(2)26-10)22-15(24)13-5-14(12-3-4-12)16(21-6-13)25-9-17(18,19)20/h5-6,10-12H,3-4,7-9H2,1-2H3,(H,22,24)/t10-,11+. The number of nitrogens with one attached hydrogen (secondary N) is 1. The van der Waals surface area contributed by atoms with Gasteiger partial charge in [0.1, 0.15) is 0 Å². The van der Waals surface area contributed by atoms with E-state index in [1.54, 1.807) is 11.1 Å². The van der Waals surface area contributed by atoms with Gasteiger partial charge in [-0.25, -0.2) is 9.99 Å². The highest BCUT2D eigenvalue weighted by Crippen LogP contribution is 2.44. The number of halogens is 3. The molecule has 0 unspecified atom stereocenters. The minimum Gasteiger partial charge on any atom is -0.468 e. The highest BCUT2D eigenvalue weighted by atomic mass is 19.4. The number of pyridine rings is 1. The third-order valence-corrected chi connectivity index (χ3v) is 4.21. The second-order valence-electron chi connectivity index (χ2n) is 6.90. The van der Waals surface area contributed by atoms with Crippen LogP contribution in [0.15, 0.2) is 12.3 Å². The van der Waals surface area contributed by atoms with Crippen LogP contribution < -0.4 is 10.2 Å². The molecule has 1 amide bonds. The summed E-state index contributed by atoms with van der Waals surface area (Å²) in [6.07, 6.45) is -1.47. The zero-order chi connectivity index (χ0) is 18.9. The van der Waals surface area contributed by atoms with Crippen molar-refractivity contribution < 1.29 is 27.4 Å². The maximum atomic E-state index is 12.5. The molecule has 1 saturated heterocycles. The van der Waals surface area contributed by atoms with Gasteiger partial charge in [-0.1, -0.05) is 0 Å². The summed E-state index contributed by atoms with van der Waals surface area (Å²) in [6, 6.07) is 1.58. The van der Waals surface area contributed by atoms with E-state index in [0.29, 0.717) is 24.2 Å². The van der Waals surface area contributed by atoms with Gasteiger partial charge in [-0.3, -0.25) is 10.2 Å². The van der Waals surface area contributed by atoms with Crippen molar-refractivity contribution in [3.8, 4) is 5.88 Å². The summed E-state index contributed by atoms with van der Waals surface area (Å²) in [7, 11) is 0. The Balaban J connectivity index is 1.69. The average molecular weight is 373 g/mol. The zero-order valence-corrected chi connectivity index (χ0v) is 14.7. The predicted molar refractivity (Wildman–Crippen MR) is 86.8 cm³/mol. The number of hydrogen-bond acceptors (Lipinski definition) is 5. The van der Waals surface area contributed by atoms with Gasteiger partial charge < -0.3 is 9.47 Å². The van der Waals surface area contributed by atoms with Crippen molar-refractivity contribution in [2.75, 3.05) is 19.7 Å². The number of amides is 1. The molecule has 2 atom stereocenters. The number of rotatable bonds is 5. The molecule has 1 saturated carbocycles. The number of nitrogens with zero attached hydrogens (tertiary/aromatic N) is 2. The van der Waals surface area contributed by atoms with Crippen LogP contribution in [0.25, 0.3) is 0 Å². The lowest BCUT2D eigenvalue weighted by Gasteiger charge is -2.35. The molecule has 1 aliphatic heterocycles. The number of aromatic nitrogens is 1. The van der Waals surface area contributed by atoms with Crippen LogP contribution >= 0.6 is 0 Å². The number of alkyl halides is 3. The number of carbonyl (C=O) groups excluding carboxylic acids is 1. The number of morpholine rings is 1. The van der Waals surface area contributed by atoms with Gasteiger partial charge >= 0.3 is 6.18 Å². The molecule has 0 aromatic carbocycles. The Morgan fingerprint density at radius 1 is 1.35 bits per heavy atom. The lowest BCUT2D eigenvalue weighted by molar-refractivity contribution is -0.154. The predicted octanol–water partition coefficient (Wildman–Crippen LogP) is 2.65. The van der Waals surface area contributed by atoms with Gasteiger partial charge in [0.15, 0.2) is 6.61 Å². The fraction of sp³-hybridized carbons (Fsp3) is 0.647. The summed E-state index contributed by atoms with van der Waals surface area (Å²) in [5.74, 6) is -0.292. The number of hydrogen-bond donors (Lipinski definition) is 1. The van der Waals surface area contributed by atoms with E-state index in [1.165, 1.54) is 6.20 Å². The topological polar surface area (TPSA) is 63.7 Å². The summed E-state index contributed by atoms with van der Waals surface area (Å²) < 4.78 is 47.6.